The van der Waals surface area contributed by atoms with Gasteiger partial charge >= 0.3 is 12.3 Å². The Hall–Kier alpha value is -0.100. The van der Waals surface area contributed by atoms with Crippen molar-refractivity contribution in [2.45, 2.75) is 24.8 Å². The van der Waals surface area contributed by atoms with Crippen molar-refractivity contribution in [3.05, 3.63) is 0 Å². The summed E-state index contributed by atoms with van der Waals surface area (Å²) in [5.41, 5.74) is -2.97. The molecule has 0 N–H and O–H groups in total. The third kappa shape index (κ3) is 5.20. The van der Waals surface area contributed by atoms with E-state index in [1.807, 2.05) is 0 Å². The van der Waals surface area contributed by atoms with Gasteiger partial charge < -0.3 is 0 Å². The van der Waals surface area contributed by atoms with Crippen molar-refractivity contribution in [1.82, 2.24) is 0 Å². The summed E-state index contributed by atoms with van der Waals surface area (Å²) in [7, 11) is 0. The van der Waals surface area contributed by atoms with Crippen LogP contribution in [0.2, 0.25) is 0 Å². The molecule has 0 aliphatic carbocycles. The molecule has 0 aliphatic rings. The van der Waals surface area contributed by atoms with E-state index in [0.717, 1.165) is 0 Å². The summed E-state index contributed by atoms with van der Waals surface area (Å²) in [5.74, 6) is 0. The normalized spacial score (nSPS) is 16.6. The van der Waals surface area contributed by atoms with Gasteiger partial charge in [-0.3, -0.25) is 4.74 Å². The highest BCUT2D eigenvalue weighted by Crippen LogP contribution is 2.30. The van der Waals surface area contributed by atoms with Crippen LogP contribution in [0.25, 0.3) is 0 Å². The van der Waals surface area contributed by atoms with Crippen molar-refractivity contribution in [2.75, 3.05) is 0 Å². The molecule has 0 saturated carbocycles. The first kappa shape index (κ1) is 10.9. The van der Waals surface area contributed by atoms with E-state index in [4.69, 9.17) is 0 Å². The van der Waals surface area contributed by atoms with Crippen LogP contribution in [-0.2, 0) is 4.74 Å². The van der Waals surface area contributed by atoms with Gasteiger partial charge in [0.1, 0.15) is 0 Å². The van der Waals surface area contributed by atoms with E-state index in [1.54, 1.807) is 0 Å². The molecular formula is C4H4ClF5O. The van der Waals surface area contributed by atoms with Gasteiger partial charge in [-0.25, -0.2) is 0 Å². The maximum absolute atomic E-state index is 11.7. The van der Waals surface area contributed by atoms with Crippen molar-refractivity contribution in [3.63, 3.8) is 0 Å². The Morgan fingerprint density at radius 1 is 1.18 bits per heavy atom. The van der Waals surface area contributed by atoms with Gasteiger partial charge in [-0.1, -0.05) is 11.6 Å². The summed E-state index contributed by atoms with van der Waals surface area (Å²) >= 11 is 4.41. The highest BCUT2D eigenvalue weighted by molar-refractivity contribution is 6.20. The zero-order valence-corrected chi connectivity index (χ0v) is 6.01. The summed E-state index contributed by atoms with van der Waals surface area (Å²) in [5, 5.41) is 0. The summed E-state index contributed by atoms with van der Waals surface area (Å²) in [4.78, 5) is 0. The number of hydrogen-bond acceptors (Lipinski definition) is 1. The number of ether oxygens (including phenoxy) is 1. The molecule has 0 saturated heterocycles. The molecular weight excluding hydrogens is 194 g/mol. The van der Waals surface area contributed by atoms with Crippen molar-refractivity contribution in [2.24, 2.45) is 0 Å². The van der Waals surface area contributed by atoms with Gasteiger partial charge in [0, 0.05) is 6.92 Å². The third-order valence-electron chi connectivity index (χ3n) is 0.568. The molecule has 0 radical (unpaired) electrons. The van der Waals surface area contributed by atoms with Crippen molar-refractivity contribution in [3.8, 4) is 0 Å². The number of alkyl halides is 6. The molecule has 0 aromatic rings. The van der Waals surface area contributed by atoms with E-state index < -0.39 is 17.8 Å². The van der Waals surface area contributed by atoms with Gasteiger partial charge in [0.2, 0.25) is 5.56 Å². The minimum Gasteiger partial charge on any atom is -0.291 e. The van der Waals surface area contributed by atoms with E-state index in [-0.39, 0.29) is 6.92 Å². The largest absolute Gasteiger partial charge is 0.428 e. The lowest BCUT2D eigenvalue weighted by atomic mass is 10.6. The van der Waals surface area contributed by atoms with Gasteiger partial charge in [-0.05, 0) is 0 Å². The number of halogens is 6. The molecule has 0 amide bonds. The van der Waals surface area contributed by atoms with E-state index in [0.29, 0.717) is 0 Å². The second kappa shape index (κ2) is 3.10. The Bertz CT molecular complexity index is 127. The van der Waals surface area contributed by atoms with Crippen LogP contribution >= 0.6 is 11.6 Å². The molecule has 0 spiro atoms. The highest BCUT2D eigenvalue weighted by Gasteiger charge is 2.44. The van der Waals surface area contributed by atoms with Gasteiger partial charge in [-0.15, -0.1) is 0 Å². The fraction of sp³-hybridized carbons (Fsp3) is 1.00. The Labute approximate surface area is 64.1 Å². The number of hydrogen-bond donors (Lipinski definition) is 0. The van der Waals surface area contributed by atoms with Crippen LogP contribution in [-0.4, -0.2) is 17.8 Å². The zero-order valence-electron chi connectivity index (χ0n) is 5.25. The molecule has 0 aliphatic heterocycles. The minimum atomic E-state index is -4.97. The van der Waals surface area contributed by atoms with Crippen molar-refractivity contribution in [1.29, 1.82) is 0 Å². The predicted octanol–water partition coefficient (Wildman–Crippen LogP) is 2.74. The van der Waals surface area contributed by atoms with E-state index in [1.165, 1.54) is 0 Å². The van der Waals surface area contributed by atoms with Gasteiger partial charge in [-0.2, -0.15) is 22.0 Å². The SMILES string of the molecule is CC(F)(F)OC(Cl)C(F)(F)F. The molecule has 0 heterocycles. The van der Waals surface area contributed by atoms with Gasteiger partial charge in [0.25, 0.3) is 0 Å². The molecule has 11 heavy (non-hydrogen) atoms. The van der Waals surface area contributed by atoms with Crippen molar-refractivity contribution >= 4 is 11.6 Å². The molecule has 0 bridgehead atoms. The van der Waals surface area contributed by atoms with Gasteiger partial charge in [0.15, 0.2) is 0 Å². The molecule has 0 aromatic carbocycles. The van der Waals surface area contributed by atoms with E-state index in [2.05, 4.69) is 16.3 Å². The predicted molar refractivity (Wildman–Crippen MR) is 27.4 cm³/mol. The molecule has 68 valence electrons. The average molecular weight is 199 g/mol. The molecule has 1 nitrogen and oxygen atoms in total. The lowest BCUT2D eigenvalue weighted by Crippen LogP contribution is -2.32. The first-order valence-corrected chi connectivity index (χ1v) is 2.83. The standard InChI is InChI=1S/C4H4ClF5O/c1-3(6,7)11-2(5)4(8,9)10/h2H,1H3. The molecule has 0 aromatic heterocycles. The minimum absolute atomic E-state index is 0.175. The first-order valence-electron chi connectivity index (χ1n) is 2.39. The monoisotopic (exact) mass is 198 g/mol. The molecule has 1 unspecified atom stereocenters. The quantitative estimate of drug-likeness (QED) is 0.490. The van der Waals surface area contributed by atoms with Crippen LogP contribution in [0.3, 0.4) is 0 Å². The molecule has 7 heteroatoms. The zero-order chi connectivity index (χ0) is 9.28. The second-order valence-corrected chi connectivity index (χ2v) is 2.18. The van der Waals surface area contributed by atoms with E-state index in [9.17, 15) is 22.0 Å². The second-order valence-electron chi connectivity index (χ2n) is 1.78. The van der Waals surface area contributed by atoms with Crippen molar-refractivity contribution < 1.29 is 26.7 Å². The van der Waals surface area contributed by atoms with Crippen LogP contribution in [0.5, 0.6) is 0 Å². The lowest BCUT2D eigenvalue weighted by molar-refractivity contribution is -0.294. The molecule has 0 fully saturated rings. The molecule has 1 atom stereocenters. The Morgan fingerprint density at radius 2 is 1.55 bits per heavy atom. The molecule has 0 rings (SSSR count). The summed E-state index contributed by atoms with van der Waals surface area (Å²) < 4.78 is 60.7. The summed E-state index contributed by atoms with van der Waals surface area (Å²) in [6.07, 6.45) is -8.84. The third-order valence-corrected chi connectivity index (χ3v) is 0.904. The smallest absolute Gasteiger partial charge is 0.291 e. The van der Waals surface area contributed by atoms with Gasteiger partial charge in [0.05, 0.1) is 0 Å². The van der Waals surface area contributed by atoms with Crippen LogP contribution in [0.15, 0.2) is 0 Å². The number of rotatable bonds is 2. The Morgan fingerprint density at radius 3 is 1.64 bits per heavy atom. The maximum atomic E-state index is 11.7. The summed E-state index contributed by atoms with van der Waals surface area (Å²) in [6.45, 7) is 0.175. The van der Waals surface area contributed by atoms with Crippen LogP contribution < -0.4 is 0 Å². The fourth-order valence-electron chi connectivity index (χ4n) is 0.248. The topological polar surface area (TPSA) is 9.23 Å². The van der Waals surface area contributed by atoms with Crippen LogP contribution in [0.1, 0.15) is 6.92 Å². The average Bonchev–Trinajstić information content (AvgIpc) is 1.56. The van der Waals surface area contributed by atoms with E-state index >= 15 is 0 Å². The van der Waals surface area contributed by atoms with Crippen LogP contribution in [0.4, 0.5) is 22.0 Å². The first-order chi connectivity index (χ1) is 4.63. The Balaban J connectivity index is 3.99. The lowest BCUT2D eigenvalue weighted by Gasteiger charge is -2.18. The summed E-state index contributed by atoms with van der Waals surface area (Å²) in [6, 6.07) is 0. The van der Waals surface area contributed by atoms with Crippen LogP contribution in [0, 0.1) is 0 Å². The maximum Gasteiger partial charge on any atom is 0.428 e. The highest BCUT2D eigenvalue weighted by atomic mass is 35.5. The Kier molecular flexibility index (Phi) is 3.07. The fourth-order valence-corrected chi connectivity index (χ4v) is 0.405.